The van der Waals surface area contributed by atoms with E-state index in [2.05, 4.69) is 10.6 Å². The van der Waals surface area contributed by atoms with Gasteiger partial charge in [-0.25, -0.2) is 13.2 Å². The van der Waals surface area contributed by atoms with Crippen LogP contribution in [-0.4, -0.2) is 19.0 Å². The third-order valence-electron chi connectivity index (χ3n) is 2.94. The summed E-state index contributed by atoms with van der Waals surface area (Å²) in [6.45, 7) is 1.36. The van der Waals surface area contributed by atoms with E-state index in [1.807, 2.05) is 0 Å². The highest BCUT2D eigenvalue weighted by Gasteiger charge is 2.22. The number of amides is 1. The molecule has 1 aromatic rings. The largest absolute Gasteiger partial charge is 0.323 e. The minimum atomic E-state index is -1.27. The molecule has 1 aliphatic rings. The second-order valence-corrected chi connectivity index (χ2v) is 4.28. The molecule has 1 unspecified atom stereocenters. The third-order valence-corrected chi connectivity index (χ3v) is 2.94. The van der Waals surface area contributed by atoms with Crippen LogP contribution in [0.1, 0.15) is 12.8 Å². The molecule has 0 saturated carbocycles. The fourth-order valence-electron chi connectivity index (χ4n) is 1.93. The summed E-state index contributed by atoms with van der Waals surface area (Å²) >= 11 is 0. The minimum absolute atomic E-state index is 0.272. The first kappa shape index (κ1) is 12.9. The maximum Gasteiger partial charge on any atom is 0.228 e. The van der Waals surface area contributed by atoms with E-state index >= 15 is 0 Å². The van der Waals surface area contributed by atoms with Crippen LogP contribution in [0.4, 0.5) is 18.9 Å². The van der Waals surface area contributed by atoms with Crippen LogP contribution >= 0.6 is 0 Å². The van der Waals surface area contributed by atoms with Crippen LogP contribution in [0.25, 0.3) is 0 Å². The molecule has 1 heterocycles. The van der Waals surface area contributed by atoms with Gasteiger partial charge in [-0.3, -0.25) is 4.79 Å². The molecule has 2 rings (SSSR count). The molecule has 1 aliphatic heterocycles. The van der Waals surface area contributed by atoms with Crippen LogP contribution in [0.5, 0.6) is 0 Å². The summed E-state index contributed by atoms with van der Waals surface area (Å²) in [4.78, 5) is 11.8. The second-order valence-electron chi connectivity index (χ2n) is 4.28. The van der Waals surface area contributed by atoms with E-state index in [-0.39, 0.29) is 17.5 Å². The standard InChI is InChI=1S/C12H13F3N2O/c13-8-4-10(15)11(5-9(8)14)17-12(18)7-2-1-3-16-6-7/h4-5,7,16H,1-3,6H2,(H,17,18). The summed E-state index contributed by atoms with van der Waals surface area (Å²) in [6.07, 6.45) is 1.56. The predicted molar refractivity (Wildman–Crippen MR) is 60.5 cm³/mol. The Bertz CT molecular complexity index is 459. The molecule has 1 fully saturated rings. The smallest absolute Gasteiger partial charge is 0.228 e. The number of carbonyl (C=O) groups is 1. The zero-order chi connectivity index (χ0) is 13.1. The van der Waals surface area contributed by atoms with E-state index in [1.165, 1.54) is 0 Å². The zero-order valence-corrected chi connectivity index (χ0v) is 9.60. The molecule has 0 bridgehead atoms. The molecule has 18 heavy (non-hydrogen) atoms. The number of nitrogens with one attached hydrogen (secondary N) is 2. The quantitative estimate of drug-likeness (QED) is 0.797. The van der Waals surface area contributed by atoms with Crippen molar-refractivity contribution in [1.82, 2.24) is 5.32 Å². The summed E-state index contributed by atoms with van der Waals surface area (Å²) in [5.41, 5.74) is -0.329. The minimum Gasteiger partial charge on any atom is -0.323 e. The Hall–Kier alpha value is -1.56. The number of hydrogen-bond donors (Lipinski definition) is 2. The predicted octanol–water partition coefficient (Wildman–Crippen LogP) is 2.04. The summed E-state index contributed by atoms with van der Waals surface area (Å²) < 4.78 is 39.0. The molecule has 0 radical (unpaired) electrons. The lowest BCUT2D eigenvalue weighted by molar-refractivity contribution is -0.120. The fourth-order valence-corrected chi connectivity index (χ4v) is 1.93. The van der Waals surface area contributed by atoms with E-state index in [0.717, 1.165) is 13.0 Å². The van der Waals surface area contributed by atoms with Gasteiger partial charge in [0.15, 0.2) is 11.6 Å². The van der Waals surface area contributed by atoms with Crippen molar-refractivity contribution in [2.75, 3.05) is 18.4 Å². The number of piperidine rings is 1. The van der Waals surface area contributed by atoms with E-state index in [4.69, 9.17) is 0 Å². The highest BCUT2D eigenvalue weighted by molar-refractivity contribution is 5.92. The molecular weight excluding hydrogens is 245 g/mol. The van der Waals surface area contributed by atoms with E-state index in [0.29, 0.717) is 25.1 Å². The number of anilines is 1. The van der Waals surface area contributed by atoms with Crippen molar-refractivity contribution in [1.29, 1.82) is 0 Å². The summed E-state index contributed by atoms with van der Waals surface area (Å²) in [5.74, 6) is -4.09. The van der Waals surface area contributed by atoms with Gasteiger partial charge in [-0.05, 0) is 19.4 Å². The third kappa shape index (κ3) is 2.81. The maximum atomic E-state index is 13.3. The number of halogens is 3. The Morgan fingerprint density at radius 2 is 1.94 bits per heavy atom. The van der Waals surface area contributed by atoms with Crippen LogP contribution in [-0.2, 0) is 4.79 Å². The first-order chi connectivity index (χ1) is 8.58. The normalized spacial score (nSPS) is 19.6. The summed E-state index contributed by atoms with van der Waals surface area (Å²) in [5, 5.41) is 5.34. The maximum absolute atomic E-state index is 13.3. The molecule has 1 aromatic carbocycles. The lowest BCUT2D eigenvalue weighted by Gasteiger charge is -2.22. The Kier molecular flexibility index (Phi) is 3.86. The molecule has 0 aromatic heterocycles. The van der Waals surface area contributed by atoms with Crippen molar-refractivity contribution in [3.05, 3.63) is 29.6 Å². The van der Waals surface area contributed by atoms with Gasteiger partial charge in [0.05, 0.1) is 11.6 Å². The van der Waals surface area contributed by atoms with Crippen molar-refractivity contribution < 1.29 is 18.0 Å². The van der Waals surface area contributed by atoms with Crippen LogP contribution in [0, 0.1) is 23.4 Å². The molecule has 98 valence electrons. The van der Waals surface area contributed by atoms with Gasteiger partial charge in [0.25, 0.3) is 0 Å². The van der Waals surface area contributed by atoms with Gasteiger partial charge in [-0.15, -0.1) is 0 Å². The first-order valence-corrected chi connectivity index (χ1v) is 5.74. The molecular formula is C12H13F3N2O. The Labute approximate surface area is 102 Å². The number of hydrogen-bond acceptors (Lipinski definition) is 2. The number of rotatable bonds is 2. The monoisotopic (exact) mass is 258 g/mol. The highest BCUT2D eigenvalue weighted by atomic mass is 19.2. The van der Waals surface area contributed by atoms with Crippen molar-refractivity contribution in [2.45, 2.75) is 12.8 Å². The van der Waals surface area contributed by atoms with Gasteiger partial charge in [-0.1, -0.05) is 0 Å². The Balaban J connectivity index is 2.08. The Morgan fingerprint density at radius 3 is 2.61 bits per heavy atom. The van der Waals surface area contributed by atoms with Gasteiger partial charge in [0.2, 0.25) is 5.91 Å². The second kappa shape index (κ2) is 5.39. The topological polar surface area (TPSA) is 41.1 Å². The molecule has 1 saturated heterocycles. The van der Waals surface area contributed by atoms with E-state index in [1.54, 1.807) is 0 Å². The van der Waals surface area contributed by atoms with Gasteiger partial charge >= 0.3 is 0 Å². The molecule has 2 N–H and O–H groups in total. The van der Waals surface area contributed by atoms with Crippen molar-refractivity contribution >= 4 is 11.6 Å². The first-order valence-electron chi connectivity index (χ1n) is 5.74. The zero-order valence-electron chi connectivity index (χ0n) is 9.60. The SMILES string of the molecule is O=C(Nc1cc(F)c(F)cc1F)C1CCCNC1. The Morgan fingerprint density at radius 1 is 1.22 bits per heavy atom. The average Bonchev–Trinajstić information content (AvgIpc) is 2.37. The van der Waals surface area contributed by atoms with Crippen molar-refractivity contribution in [3.8, 4) is 0 Å². The van der Waals surface area contributed by atoms with Crippen molar-refractivity contribution in [3.63, 3.8) is 0 Å². The lowest BCUT2D eigenvalue weighted by atomic mass is 9.99. The van der Waals surface area contributed by atoms with Crippen LogP contribution < -0.4 is 10.6 Å². The van der Waals surface area contributed by atoms with Gasteiger partial charge in [-0.2, -0.15) is 0 Å². The van der Waals surface area contributed by atoms with Crippen molar-refractivity contribution in [2.24, 2.45) is 5.92 Å². The fraction of sp³-hybridized carbons (Fsp3) is 0.417. The van der Waals surface area contributed by atoms with Gasteiger partial charge in [0, 0.05) is 18.7 Å². The molecule has 1 amide bonds. The summed E-state index contributed by atoms with van der Waals surface area (Å²) in [6, 6.07) is 1.07. The van der Waals surface area contributed by atoms with Crippen LogP contribution in [0.2, 0.25) is 0 Å². The summed E-state index contributed by atoms with van der Waals surface area (Å²) in [7, 11) is 0. The molecule has 3 nitrogen and oxygen atoms in total. The molecule has 0 spiro atoms. The number of carbonyl (C=O) groups excluding carboxylic acids is 1. The molecule has 0 aliphatic carbocycles. The highest BCUT2D eigenvalue weighted by Crippen LogP contribution is 2.20. The van der Waals surface area contributed by atoms with E-state index < -0.39 is 17.5 Å². The van der Waals surface area contributed by atoms with Gasteiger partial charge < -0.3 is 10.6 Å². The molecule has 6 heteroatoms. The van der Waals surface area contributed by atoms with Crippen LogP contribution in [0.3, 0.4) is 0 Å². The average molecular weight is 258 g/mol. The van der Waals surface area contributed by atoms with E-state index in [9.17, 15) is 18.0 Å². The lowest BCUT2D eigenvalue weighted by Crippen LogP contribution is -2.37. The number of benzene rings is 1. The molecule has 1 atom stereocenters. The van der Waals surface area contributed by atoms with Gasteiger partial charge in [0.1, 0.15) is 5.82 Å². The van der Waals surface area contributed by atoms with Crippen LogP contribution in [0.15, 0.2) is 12.1 Å².